The van der Waals surface area contributed by atoms with Gasteiger partial charge in [-0.2, -0.15) is 0 Å². The zero-order chi connectivity index (χ0) is 14.5. The number of hydrogen-bond donors (Lipinski definition) is 1. The lowest BCUT2D eigenvalue weighted by Crippen LogP contribution is -2.17. The van der Waals surface area contributed by atoms with Crippen molar-refractivity contribution in [2.45, 2.75) is 13.3 Å². The number of aromatic carboxylic acids is 1. The highest BCUT2D eigenvalue weighted by Crippen LogP contribution is 2.18. The third-order valence-corrected chi connectivity index (χ3v) is 4.16. The van der Waals surface area contributed by atoms with Gasteiger partial charge in [-0.15, -0.1) is 0 Å². The molecule has 0 aliphatic rings. The van der Waals surface area contributed by atoms with Crippen LogP contribution in [0.2, 0.25) is 0 Å². The molecule has 0 aromatic heterocycles. The number of carboxylic acid groups (broad SMARTS) is 1. The van der Waals surface area contributed by atoms with Gasteiger partial charge in [0.15, 0.2) is 21.4 Å². The number of carboxylic acids is 1. The summed E-state index contributed by atoms with van der Waals surface area (Å²) in [6.45, 7) is 1.59. The van der Waals surface area contributed by atoms with Crippen LogP contribution in [0.25, 0.3) is 0 Å². The summed E-state index contributed by atoms with van der Waals surface area (Å²) >= 11 is 0. The van der Waals surface area contributed by atoms with E-state index in [2.05, 4.69) is 0 Å². The highest BCUT2D eigenvalue weighted by Gasteiger charge is 2.12. The Morgan fingerprint density at radius 3 is 2.58 bits per heavy atom. The summed E-state index contributed by atoms with van der Waals surface area (Å²) in [4.78, 5) is 10.6. The molecule has 0 aliphatic heterocycles. The van der Waals surface area contributed by atoms with Crippen molar-refractivity contribution in [3.63, 3.8) is 0 Å². The zero-order valence-corrected chi connectivity index (χ0v) is 11.2. The molecule has 0 unspecified atom stereocenters. The molecule has 0 radical (unpaired) electrons. The van der Waals surface area contributed by atoms with E-state index < -0.39 is 21.6 Å². The second-order valence-electron chi connectivity index (χ2n) is 3.95. The maximum Gasteiger partial charge on any atom is 0.335 e. The first-order valence-electron chi connectivity index (χ1n) is 5.72. The molecule has 19 heavy (non-hydrogen) atoms. The van der Waals surface area contributed by atoms with Crippen LogP contribution in [0.15, 0.2) is 18.2 Å². The number of ether oxygens (including phenoxy) is 1. The van der Waals surface area contributed by atoms with Gasteiger partial charge >= 0.3 is 5.97 Å². The van der Waals surface area contributed by atoms with E-state index in [4.69, 9.17) is 9.84 Å². The normalized spacial score (nSPS) is 11.3. The van der Waals surface area contributed by atoms with Crippen molar-refractivity contribution < 1.29 is 27.4 Å². The fourth-order valence-electron chi connectivity index (χ4n) is 1.44. The summed E-state index contributed by atoms with van der Waals surface area (Å²) in [5.74, 6) is -2.35. The van der Waals surface area contributed by atoms with Crippen molar-refractivity contribution >= 4 is 15.8 Å². The molecule has 0 atom stereocenters. The zero-order valence-electron chi connectivity index (χ0n) is 10.4. The second kappa shape index (κ2) is 6.51. The second-order valence-corrected chi connectivity index (χ2v) is 6.25. The molecule has 0 heterocycles. The first-order valence-corrected chi connectivity index (χ1v) is 7.54. The van der Waals surface area contributed by atoms with Crippen LogP contribution in [0.1, 0.15) is 23.7 Å². The van der Waals surface area contributed by atoms with Crippen LogP contribution in [0.5, 0.6) is 5.75 Å². The van der Waals surface area contributed by atoms with Gasteiger partial charge in [-0.1, -0.05) is 6.92 Å². The first kappa shape index (κ1) is 15.4. The van der Waals surface area contributed by atoms with Crippen LogP contribution in [0.4, 0.5) is 4.39 Å². The minimum atomic E-state index is -3.18. The van der Waals surface area contributed by atoms with Crippen molar-refractivity contribution in [2.24, 2.45) is 0 Å². The summed E-state index contributed by atoms with van der Waals surface area (Å²) in [7, 11) is -3.18. The summed E-state index contributed by atoms with van der Waals surface area (Å²) in [5.41, 5.74) is -0.191. The molecule has 0 saturated carbocycles. The van der Waals surface area contributed by atoms with Crippen LogP contribution < -0.4 is 4.74 Å². The van der Waals surface area contributed by atoms with Crippen molar-refractivity contribution in [2.75, 3.05) is 18.1 Å². The quantitative estimate of drug-likeness (QED) is 0.827. The summed E-state index contributed by atoms with van der Waals surface area (Å²) in [6.07, 6.45) is 0.518. The van der Waals surface area contributed by atoms with Crippen LogP contribution in [0.3, 0.4) is 0 Å². The van der Waals surface area contributed by atoms with Gasteiger partial charge in [-0.05, 0) is 24.6 Å². The molecule has 1 rings (SSSR count). The Morgan fingerprint density at radius 2 is 2.05 bits per heavy atom. The number of carbonyl (C=O) groups is 1. The van der Waals surface area contributed by atoms with Crippen LogP contribution in [0, 0.1) is 5.82 Å². The molecule has 1 N–H and O–H groups in total. The van der Waals surface area contributed by atoms with Crippen LogP contribution in [-0.2, 0) is 9.84 Å². The number of rotatable bonds is 7. The Balaban J connectivity index is 2.62. The van der Waals surface area contributed by atoms with Gasteiger partial charge < -0.3 is 9.84 Å². The molecular formula is C12H15FO5S. The highest BCUT2D eigenvalue weighted by molar-refractivity contribution is 7.91. The van der Waals surface area contributed by atoms with Gasteiger partial charge in [0, 0.05) is 0 Å². The Bertz CT molecular complexity index is 553. The molecule has 1 aromatic carbocycles. The van der Waals surface area contributed by atoms with E-state index in [9.17, 15) is 17.6 Å². The van der Waals surface area contributed by atoms with Crippen molar-refractivity contribution in [1.82, 2.24) is 0 Å². The lowest BCUT2D eigenvalue weighted by molar-refractivity contribution is 0.0696. The van der Waals surface area contributed by atoms with E-state index in [1.165, 1.54) is 12.1 Å². The molecule has 0 aliphatic carbocycles. The Kier molecular flexibility index (Phi) is 5.29. The lowest BCUT2D eigenvalue weighted by atomic mass is 10.2. The topological polar surface area (TPSA) is 80.7 Å². The summed E-state index contributed by atoms with van der Waals surface area (Å²) in [6, 6.07) is 3.20. The third kappa shape index (κ3) is 4.86. The predicted octanol–water partition coefficient (Wildman–Crippen LogP) is 1.73. The van der Waals surface area contributed by atoms with Gasteiger partial charge in [-0.25, -0.2) is 17.6 Å². The molecule has 0 amide bonds. The van der Waals surface area contributed by atoms with E-state index in [0.29, 0.717) is 6.42 Å². The third-order valence-electron chi connectivity index (χ3n) is 2.35. The minimum Gasteiger partial charge on any atom is -0.489 e. The van der Waals surface area contributed by atoms with Crippen molar-refractivity contribution in [1.29, 1.82) is 0 Å². The van der Waals surface area contributed by atoms with Crippen LogP contribution >= 0.6 is 0 Å². The Morgan fingerprint density at radius 1 is 1.37 bits per heavy atom. The molecule has 7 heteroatoms. The van der Waals surface area contributed by atoms with Crippen molar-refractivity contribution in [3.8, 4) is 5.75 Å². The molecule has 5 nitrogen and oxygen atoms in total. The molecule has 106 valence electrons. The maximum atomic E-state index is 13.4. The lowest BCUT2D eigenvalue weighted by Gasteiger charge is -2.08. The number of hydrogen-bond acceptors (Lipinski definition) is 4. The van der Waals surface area contributed by atoms with Gasteiger partial charge in [0.25, 0.3) is 0 Å². The largest absolute Gasteiger partial charge is 0.489 e. The molecule has 1 aromatic rings. The number of sulfone groups is 1. The monoisotopic (exact) mass is 290 g/mol. The molecule has 0 bridgehead atoms. The number of halogens is 1. The van der Waals surface area contributed by atoms with Gasteiger partial charge in [-0.3, -0.25) is 0 Å². The summed E-state index contributed by atoms with van der Waals surface area (Å²) < 4.78 is 41.2. The SMILES string of the molecule is CCCS(=O)(=O)CCOc1ccc(C(=O)O)cc1F. The summed E-state index contributed by atoms with van der Waals surface area (Å²) in [5, 5.41) is 8.66. The van der Waals surface area contributed by atoms with Gasteiger partial charge in [0.2, 0.25) is 0 Å². The number of benzene rings is 1. The Hall–Kier alpha value is -1.63. The smallest absolute Gasteiger partial charge is 0.335 e. The molecular weight excluding hydrogens is 275 g/mol. The van der Waals surface area contributed by atoms with Crippen molar-refractivity contribution in [3.05, 3.63) is 29.6 Å². The van der Waals surface area contributed by atoms with E-state index in [0.717, 1.165) is 6.07 Å². The van der Waals surface area contributed by atoms with E-state index in [-0.39, 0.29) is 29.4 Å². The van der Waals surface area contributed by atoms with Gasteiger partial charge in [0.05, 0.1) is 17.1 Å². The average molecular weight is 290 g/mol. The van der Waals surface area contributed by atoms with E-state index >= 15 is 0 Å². The average Bonchev–Trinajstić information content (AvgIpc) is 2.30. The highest BCUT2D eigenvalue weighted by atomic mass is 32.2. The predicted molar refractivity (Wildman–Crippen MR) is 67.8 cm³/mol. The minimum absolute atomic E-state index is 0.0663. The maximum absolute atomic E-state index is 13.4. The standard InChI is InChI=1S/C12H15FO5S/c1-2-6-19(16,17)7-5-18-11-4-3-9(12(14)15)8-10(11)13/h3-4,8H,2,5-7H2,1H3,(H,14,15). The molecule has 0 spiro atoms. The molecule has 0 saturated heterocycles. The van der Waals surface area contributed by atoms with E-state index in [1.54, 1.807) is 6.92 Å². The molecule has 0 fully saturated rings. The van der Waals surface area contributed by atoms with E-state index in [1.807, 2.05) is 0 Å². The fraction of sp³-hybridized carbons (Fsp3) is 0.417. The Labute approximate surface area is 110 Å². The van der Waals surface area contributed by atoms with Crippen LogP contribution in [-0.4, -0.2) is 37.6 Å². The first-order chi connectivity index (χ1) is 8.85. The fourth-order valence-corrected chi connectivity index (χ4v) is 2.61. The van der Waals surface area contributed by atoms with Gasteiger partial charge in [0.1, 0.15) is 6.61 Å².